The van der Waals surface area contributed by atoms with Gasteiger partial charge in [0, 0.05) is 15.0 Å². The van der Waals surface area contributed by atoms with Crippen LogP contribution in [0.5, 0.6) is 0 Å². The molecule has 1 nitrogen and oxygen atoms in total. The quantitative estimate of drug-likeness (QED) is 0.806. The highest BCUT2D eigenvalue weighted by molar-refractivity contribution is 9.10. The number of nitrogens with one attached hydrogen (secondary N) is 1. The summed E-state index contributed by atoms with van der Waals surface area (Å²) < 4.78 is 1.91. The van der Waals surface area contributed by atoms with E-state index in [2.05, 4.69) is 46.4 Å². The van der Waals surface area contributed by atoms with Gasteiger partial charge in [-0.3, -0.25) is 0 Å². The van der Waals surface area contributed by atoms with Crippen LogP contribution in [0.1, 0.15) is 17.8 Å². The van der Waals surface area contributed by atoms with Crippen LogP contribution >= 0.6 is 38.9 Å². The van der Waals surface area contributed by atoms with Gasteiger partial charge in [-0.2, -0.15) is 0 Å². The van der Waals surface area contributed by atoms with Gasteiger partial charge in [0.2, 0.25) is 0 Å². The van der Waals surface area contributed by atoms with Gasteiger partial charge >= 0.3 is 0 Å². The number of thiophene rings is 1. The maximum absolute atomic E-state index is 5.92. The Morgan fingerprint density at radius 1 is 1.31 bits per heavy atom. The minimum atomic E-state index is 0.270. The van der Waals surface area contributed by atoms with Gasteiger partial charge in [-0.15, -0.1) is 11.3 Å². The third kappa shape index (κ3) is 3.00. The Kier molecular flexibility index (Phi) is 3.90. The monoisotopic (exact) mass is 315 g/mol. The minimum Gasteiger partial charge on any atom is -0.378 e. The van der Waals surface area contributed by atoms with Crippen LogP contribution in [0.2, 0.25) is 4.34 Å². The van der Waals surface area contributed by atoms with Crippen LogP contribution in [0.15, 0.2) is 40.9 Å². The second kappa shape index (κ2) is 5.21. The van der Waals surface area contributed by atoms with Gasteiger partial charge in [0.25, 0.3) is 0 Å². The van der Waals surface area contributed by atoms with Crippen LogP contribution in [0.4, 0.5) is 5.69 Å². The van der Waals surface area contributed by atoms with E-state index in [0.717, 1.165) is 14.5 Å². The van der Waals surface area contributed by atoms with Crippen molar-refractivity contribution < 1.29 is 0 Å². The van der Waals surface area contributed by atoms with Crippen molar-refractivity contribution in [2.45, 2.75) is 13.0 Å². The number of hydrogen-bond acceptors (Lipinski definition) is 2. The maximum atomic E-state index is 5.92. The first-order valence-electron chi connectivity index (χ1n) is 4.92. The van der Waals surface area contributed by atoms with Gasteiger partial charge in [0.15, 0.2) is 0 Å². The smallest absolute Gasteiger partial charge is 0.0932 e. The Morgan fingerprint density at radius 2 is 2.12 bits per heavy atom. The van der Waals surface area contributed by atoms with Gasteiger partial charge in [-0.05, 0) is 37.3 Å². The molecule has 0 fully saturated rings. The molecule has 0 aliphatic heterocycles. The Morgan fingerprint density at radius 3 is 2.75 bits per heavy atom. The molecule has 0 amide bonds. The number of benzene rings is 1. The molecule has 0 saturated carbocycles. The predicted molar refractivity (Wildman–Crippen MR) is 75.5 cm³/mol. The summed E-state index contributed by atoms with van der Waals surface area (Å²) in [5.74, 6) is 0. The largest absolute Gasteiger partial charge is 0.378 e. The minimum absolute atomic E-state index is 0.270. The van der Waals surface area contributed by atoms with Crippen LogP contribution in [0.25, 0.3) is 0 Å². The van der Waals surface area contributed by atoms with E-state index in [4.69, 9.17) is 11.6 Å². The van der Waals surface area contributed by atoms with Gasteiger partial charge in [-0.1, -0.05) is 33.6 Å². The molecule has 0 aliphatic carbocycles. The van der Waals surface area contributed by atoms with E-state index in [1.54, 1.807) is 11.3 Å². The highest BCUT2D eigenvalue weighted by Gasteiger charge is 2.07. The van der Waals surface area contributed by atoms with Gasteiger partial charge < -0.3 is 5.32 Å². The molecule has 0 saturated heterocycles. The summed E-state index contributed by atoms with van der Waals surface area (Å²) in [4.78, 5) is 1.24. The van der Waals surface area contributed by atoms with Gasteiger partial charge in [0.1, 0.15) is 0 Å². The Bertz CT molecular complexity index is 483. The fraction of sp³-hybridized carbons (Fsp3) is 0.167. The fourth-order valence-electron chi connectivity index (χ4n) is 1.46. The van der Waals surface area contributed by atoms with Crippen LogP contribution in [0.3, 0.4) is 0 Å². The van der Waals surface area contributed by atoms with Gasteiger partial charge in [-0.25, -0.2) is 0 Å². The van der Waals surface area contributed by atoms with Crippen LogP contribution in [0, 0.1) is 0 Å². The molecule has 1 heterocycles. The van der Waals surface area contributed by atoms with Crippen molar-refractivity contribution in [2.24, 2.45) is 0 Å². The summed E-state index contributed by atoms with van der Waals surface area (Å²) in [5, 5.41) is 3.43. The Hall–Kier alpha value is -0.510. The third-order valence-corrected chi connectivity index (χ3v) is 4.14. The average molecular weight is 317 g/mol. The molecule has 1 aromatic heterocycles. The highest BCUT2D eigenvalue weighted by Crippen LogP contribution is 2.29. The van der Waals surface area contributed by atoms with Crippen LogP contribution in [-0.2, 0) is 0 Å². The first kappa shape index (κ1) is 12.0. The number of rotatable bonds is 3. The maximum Gasteiger partial charge on any atom is 0.0932 e. The van der Waals surface area contributed by atoms with E-state index in [0.29, 0.717) is 0 Å². The molecule has 0 radical (unpaired) electrons. The van der Waals surface area contributed by atoms with E-state index in [1.165, 1.54) is 4.88 Å². The number of hydrogen-bond donors (Lipinski definition) is 1. The first-order chi connectivity index (χ1) is 7.65. The van der Waals surface area contributed by atoms with Crippen molar-refractivity contribution in [3.05, 3.63) is 50.1 Å². The lowest BCUT2D eigenvalue weighted by Gasteiger charge is -2.13. The summed E-state index contributed by atoms with van der Waals surface area (Å²) >= 11 is 11.0. The Labute approximate surface area is 113 Å². The van der Waals surface area contributed by atoms with Crippen molar-refractivity contribution in [1.29, 1.82) is 0 Å². The van der Waals surface area contributed by atoms with E-state index >= 15 is 0 Å². The summed E-state index contributed by atoms with van der Waals surface area (Å²) in [5.41, 5.74) is 1.10. The van der Waals surface area contributed by atoms with Crippen molar-refractivity contribution in [3.8, 4) is 0 Å². The fourth-order valence-corrected chi connectivity index (χ4v) is 2.92. The lowest BCUT2D eigenvalue weighted by molar-refractivity contribution is 0.908. The van der Waals surface area contributed by atoms with Crippen LogP contribution in [-0.4, -0.2) is 0 Å². The standard InChI is InChI=1S/C12H11BrClNS/c1-8(11-5-6-12(14)16-11)15-10-4-2-3-9(13)7-10/h2-8,15H,1H3. The van der Waals surface area contributed by atoms with Crippen molar-refractivity contribution in [3.63, 3.8) is 0 Å². The number of anilines is 1. The zero-order chi connectivity index (χ0) is 11.5. The summed E-state index contributed by atoms with van der Waals surface area (Å²) in [6, 6.07) is 12.4. The molecule has 1 unspecified atom stereocenters. The van der Waals surface area contributed by atoms with Crippen molar-refractivity contribution >= 4 is 44.6 Å². The molecule has 0 bridgehead atoms. The van der Waals surface area contributed by atoms with E-state index < -0.39 is 0 Å². The molecule has 2 rings (SSSR count). The molecule has 0 aliphatic rings. The van der Waals surface area contributed by atoms with E-state index in [-0.39, 0.29) is 6.04 Å². The summed E-state index contributed by atoms with van der Waals surface area (Å²) in [7, 11) is 0. The van der Waals surface area contributed by atoms with E-state index in [9.17, 15) is 0 Å². The molecule has 1 N–H and O–H groups in total. The second-order valence-electron chi connectivity index (χ2n) is 3.52. The molecular formula is C12H11BrClNS. The zero-order valence-corrected chi connectivity index (χ0v) is 11.9. The zero-order valence-electron chi connectivity index (χ0n) is 8.71. The highest BCUT2D eigenvalue weighted by atomic mass is 79.9. The third-order valence-electron chi connectivity index (χ3n) is 2.23. The number of halogens is 2. The first-order valence-corrected chi connectivity index (χ1v) is 6.91. The molecular weight excluding hydrogens is 306 g/mol. The van der Waals surface area contributed by atoms with Gasteiger partial charge in [0.05, 0.1) is 10.4 Å². The molecule has 0 spiro atoms. The topological polar surface area (TPSA) is 12.0 Å². The molecule has 1 aromatic carbocycles. The summed E-state index contributed by atoms with van der Waals surface area (Å²) in [6.07, 6.45) is 0. The molecule has 4 heteroatoms. The SMILES string of the molecule is CC(Nc1cccc(Br)c1)c1ccc(Cl)s1. The lowest BCUT2D eigenvalue weighted by Crippen LogP contribution is -2.04. The second-order valence-corrected chi connectivity index (χ2v) is 6.18. The summed E-state index contributed by atoms with van der Waals surface area (Å²) in [6.45, 7) is 2.13. The average Bonchev–Trinajstić information content (AvgIpc) is 2.65. The lowest BCUT2D eigenvalue weighted by atomic mass is 10.2. The van der Waals surface area contributed by atoms with Crippen LogP contribution < -0.4 is 5.32 Å². The molecule has 84 valence electrons. The molecule has 2 aromatic rings. The Balaban J connectivity index is 2.10. The van der Waals surface area contributed by atoms with Crippen molar-refractivity contribution in [2.75, 3.05) is 5.32 Å². The normalized spacial score (nSPS) is 12.4. The molecule has 16 heavy (non-hydrogen) atoms. The predicted octanol–water partition coefficient (Wildman–Crippen LogP) is 5.34. The van der Waals surface area contributed by atoms with E-state index in [1.807, 2.05) is 18.2 Å². The molecule has 1 atom stereocenters. The van der Waals surface area contributed by atoms with Crippen molar-refractivity contribution in [1.82, 2.24) is 0 Å².